The van der Waals surface area contributed by atoms with Crippen LogP contribution in [0.15, 0.2) is 23.4 Å². The summed E-state index contributed by atoms with van der Waals surface area (Å²) < 4.78 is 5.01. The maximum Gasteiger partial charge on any atom is 0.341 e. The number of nitrogens with zero attached hydrogens (tertiary/aromatic N) is 2. The molecule has 22 heavy (non-hydrogen) atoms. The van der Waals surface area contributed by atoms with Gasteiger partial charge in [-0.25, -0.2) is 9.78 Å². The van der Waals surface area contributed by atoms with Crippen molar-refractivity contribution in [2.45, 2.75) is 30.3 Å². The van der Waals surface area contributed by atoms with Crippen LogP contribution in [0.25, 0.3) is 0 Å². The van der Waals surface area contributed by atoms with E-state index in [0.717, 1.165) is 12.8 Å². The van der Waals surface area contributed by atoms with Gasteiger partial charge in [0.05, 0.1) is 11.6 Å². The monoisotopic (exact) mass is 319 g/mol. The molecule has 0 unspecified atom stereocenters. The van der Waals surface area contributed by atoms with Crippen LogP contribution in [0.4, 0.5) is 0 Å². The molecule has 1 fully saturated rings. The Morgan fingerprint density at radius 3 is 2.91 bits per heavy atom. The molecule has 116 valence electrons. The molecule has 1 aromatic heterocycles. The van der Waals surface area contributed by atoms with Crippen molar-refractivity contribution in [3.8, 4) is 6.07 Å². The van der Waals surface area contributed by atoms with Gasteiger partial charge in [-0.1, -0.05) is 0 Å². The molecule has 6 nitrogen and oxygen atoms in total. The molecule has 0 radical (unpaired) electrons. The number of ether oxygens (including phenoxy) is 1. The maximum absolute atomic E-state index is 12.0. The molecule has 0 aliphatic heterocycles. The first-order valence-corrected chi connectivity index (χ1v) is 8.11. The van der Waals surface area contributed by atoms with E-state index in [9.17, 15) is 14.9 Å². The van der Waals surface area contributed by atoms with E-state index in [4.69, 9.17) is 4.74 Å². The molecule has 1 N–H and O–H groups in total. The Morgan fingerprint density at radius 2 is 2.32 bits per heavy atom. The third kappa shape index (κ3) is 3.77. The number of hydrogen-bond donors (Lipinski definition) is 1. The fourth-order valence-corrected chi connectivity index (χ4v) is 2.66. The van der Waals surface area contributed by atoms with Crippen LogP contribution in [0.1, 0.15) is 30.1 Å². The summed E-state index contributed by atoms with van der Waals surface area (Å²) in [6.07, 6.45) is 5.25. The first-order valence-electron chi connectivity index (χ1n) is 6.88. The number of thioether (sulfide) groups is 1. The van der Waals surface area contributed by atoms with Gasteiger partial charge in [0.25, 0.3) is 5.91 Å². The molecule has 1 heterocycles. The Bertz CT molecular complexity index is 625. The summed E-state index contributed by atoms with van der Waals surface area (Å²) in [7, 11) is 0. The topological polar surface area (TPSA) is 92.1 Å². The van der Waals surface area contributed by atoms with E-state index in [1.165, 1.54) is 11.8 Å². The van der Waals surface area contributed by atoms with Gasteiger partial charge < -0.3 is 10.1 Å². The number of nitriles is 1. The highest BCUT2D eigenvalue weighted by Gasteiger charge is 2.43. The van der Waals surface area contributed by atoms with Gasteiger partial charge in [0.1, 0.15) is 10.6 Å². The SMILES string of the molecule is CSc1ncccc1C(=O)OCC(=O)N[C@](C)(C#N)C1CC1. The fourth-order valence-electron chi connectivity index (χ4n) is 2.13. The van der Waals surface area contributed by atoms with Crippen LogP contribution >= 0.6 is 11.8 Å². The van der Waals surface area contributed by atoms with Crippen molar-refractivity contribution in [3.05, 3.63) is 23.9 Å². The highest BCUT2D eigenvalue weighted by Crippen LogP contribution is 2.39. The van der Waals surface area contributed by atoms with Crippen molar-refractivity contribution in [1.82, 2.24) is 10.3 Å². The van der Waals surface area contributed by atoms with Gasteiger partial charge in [-0.3, -0.25) is 4.79 Å². The van der Waals surface area contributed by atoms with Crippen LogP contribution in [-0.2, 0) is 9.53 Å². The lowest BCUT2D eigenvalue weighted by molar-refractivity contribution is -0.125. The number of esters is 1. The van der Waals surface area contributed by atoms with Crippen molar-refractivity contribution in [1.29, 1.82) is 5.26 Å². The van der Waals surface area contributed by atoms with Crippen molar-refractivity contribution in [2.75, 3.05) is 12.9 Å². The van der Waals surface area contributed by atoms with E-state index < -0.39 is 24.0 Å². The third-order valence-electron chi connectivity index (χ3n) is 3.54. The van der Waals surface area contributed by atoms with Crippen LogP contribution in [0, 0.1) is 17.2 Å². The van der Waals surface area contributed by atoms with Crippen molar-refractivity contribution in [3.63, 3.8) is 0 Å². The summed E-state index contributed by atoms with van der Waals surface area (Å²) in [6.45, 7) is 1.28. The average Bonchev–Trinajstić information content (AvgIpc) is 3.37. The Morgan fingerprint density at radius 1 is 1.59 bits per heavy atom. The van der Waals surface area contributed by atoms with E-state index in [-0.39, 0.29) is 5.92 Å². The summed E-state index contributed by atoms with van der Waals surface area (Å²) in [5.74, 6) is -0.893. The fraction of sp³-hybridized carbons (Fsp3) is 0.467. The largest absolute Gasteiger partial charge is 0.452 e. The Hall–Kier alpha value is -2.07. The zero-order valence-corrected chi connectivity index (χ0v) is 13.3. The number of aromatic nitrogens is 1. The van der Waals surface area contributed by atoms with Crippen LogP contribution in [0.5, 0.6) is 0 Å². The number of hydrogen-bond acceptors (Lipinski definition) is 6. The minimum atomic E-state index is -0.887. The molecule has 1 amide bonds. The summed E-state index contributed by atoms with van der Waals surface area (Å²) >= 11 is 1.33. The lowest BCUT2D eigenvalue weighted by atomic mass is 9.98. The van der Waals surface area contributed by atoms with Gasteiger partial charge in [0.15, 0.2) is 6.61 Å². The molecule has 7 heteroatoms. The number of rotatable bonds is 6. The molecule has 1 saturated carbocycles. The second-order valence-electron chi connectivity index (χ2n) is 5.27. The molecule has 1 aromatic rings. The molecule has 2 rings (SSSR count). The van der Waals surface area contributed by atoms with E-state index in [2.05, 4.69) is 16.4 Å². The Balaban J connectivity index is 1.91. The second kappa shape index (κ2) is 6.79. The first-order chi connectivity index (χ1) is 10.5. The summed E-state index contributed by atoms with van der Waals surface area (Å²) in [5.41, 5.74) is -0.560. The van der Waals surface area contributed by atoms with E-state index in [1.807, 2.05) is 0 Å². The lowest BCUT2D eigenvalue weighted by Gasteiger charge is -2.22. The molecule has 0 saturated heterocycles. The normalized spacial score (nSPS) is 16.2. The number of carbonyl (C=O) groups excluding carboxylic acids is 2. The van der Waals surface area contributed by atoms with Crippen molar-refractivity contribution in [2.24, 2.45) is 5.92 Å². The Kier molecular flexibility index (Phi) is 5.03. The van der Waals surface area contributed by atoms with Crippen LogP contribution in [-0.4, -0.2) is 35.3 Å². The molecule has 0 aromatic carbocycles. The van der Waals surface area contributed by atoms with Crippen molar-refractivity contribution < 1.29 is 14.3 Å². The number of carbonyl (C=O) groups is 2. The minimum Gasteiger partial charge on any atom is -0.452 e. The van der Waals surface area contributed by atoms with Gasteiger partial charge >= 0.3 is 5.97 Å². The molecule has 1 aliphatic rings. The number of nitrogens with one attached hydrogen (secondary N) is 1. The van der Waals surface area contributed by atoms with Crippen molar-refractivity contribution >= 4 is 23.6 Å². The molecular formula is C15H17N3O3S. The van der Waals surface area contributed by atoms with Gasteiger partial charge in [0, 0.05) is 6.20 Å². The highest BCUT2D eigenvalue weighted by atomic mass is 32.2. The molecule has 1 atom stereocenters. The third-order valence-corrected chi connectivity index (χ3v) is 4.26. The highest BCUT2D eigenvalue weighted by molar-refractivity contribution is 7.98. The predicted molar refractivity (Wildman–Crippen MR) is 81.2 cm³/mol. The zero-order valence-electron chi connectivity index (χ0n) is 12.5. The Labute approximate surface area is 133 Å². The van der Waals surface area contributed by atoms with Gasteiger partial charge in [0.2, 0.25) is 0 Å². The summed E-state index contributed by atoms with van der Waals surface area (Å²) in [5, 5.41) is 12.4. The minimum absolute atomic E-state index is 0.179. The summed E-state index contributed by atoms with van der Waals surface area (Å²) in [4.78, 5) is 27.9. The average molecular weight is 319 g/mol. The quantitative estimate of drug-likeness (QED) is 0.634. The van der Waals surface area contributed by atoms with Crippen LogP contribution in [0.3, 0.4) is 0 Å². The molecule has 1 aliphatic carbocycles. The molecule has 0 spiro atoms. The zero-order chi connectivity index (χ0) is 16.2. The van der Waals surface area contributed by atoms with Gasteiger partial charge in [-0.05, 0) is 44.1 Å². The predicted octanol–water partition coefficient (Wildman–Crippen LogP) is 1.77. The summed E-state index contributed by atoms with van der Waals surface area (Å²) in [6, 6.07) is 5.36. The van der Waals surface area contributed by atoms with E-state index in [0.29, 0.717) is 10.6 Å². The van der Waals surface area contributed by atoms with Crippen LogP contribution < -0.4 is 5.32 Å². The maximum atomic E-state index is 12.0. The van der Waals surface area contributed by atoms with Gasteiger partial charge in [-0.15, -0.1) is 11.8 Å². The molecular weight excluding hydrogens is 302 g/mol. The second-order valence-corrected chi connectivity index (χ2v) is 6.07. The van der Waals surface area contributed by atoms with Gasteiger partial charge in [-0.2, -0.15) is 5.26 Å². The standard InChI is InChI=1S/C15H17N3O3S/c1-15(9-16,10-5-6-10)18-12(19)8-21-14(20)11-4-3-7-17-13(11)22-2/h3-4,7,10H,5-6,8H2,1-2H3,(H,18,19)/t15-/m1/s1. The van der Waals surface area contributed by atoms with Crippen LogP contribution in [0.2, 0.25) is 0 Å². The number of amides is 1. The first kappa shape index (κ1) is 16.3. The smallest absolute Gasteiger partial charge is 0.341 e. The van der Waals surface area contributed by atoms with E-state index >= 15 is 0 Å². The number of pyridine rings is 1. The lowest BCUT2D eigenvalue weighted by Crippen LogP contribution is -2.48. The molecule has 0 bridgehead atoms. The van der Waals surface area contributed by atoms with E-state index in [1.54, 1.807) is 31.5 Å².